The van der Waals surface area contributed by atoms with Crippen molar-refractivity contribution in [3.8, 4) is 34.1 Å². The van der Waals surface area contributed by atoms with E-state index in [0.717, 1.165) is 0 Å². The van der Waals surface area contributed by atoms with E-state index in [2.05, 4.69) is 0 Å². The van der Waals surface area contributed by atoms with Crippen molar-refractivity contribution in [2.45, 2.75) is 6.92 Å². The van der Waals surface area contributed by atoms with E-state index in [9.17, 15) is 20.4 Å². The van der Waals surface area contributed by atoms with Crippen molar-refractivity contribution < 1.29 is 20.4 Å². The molecule has 0 aliphatic rings. The molecule has 2 aromatic carbocycles. The highest BCUT2D eigenvalue weighted by atomic mass is 16.3. The zero-order chi connectivity index (χ0) is 12.6. The molecule has 0 fully saturated rings. The highest BCUT2D eigenvalue weighted by Gasteiger charge is 2.13. The molecule has 0 heterocycles. The number of phenols is 4. The predicted molar refractivity (Wildman–Crippen MR) is 63.3 cm³/mol. The van der Waals surface area contributed by atoms with E-state index in [1.165, 1.54) is 30.3 Å². The molecule has 0 bridgehead atoms. The van der Waals surface area contributed by atoms with Crippen LogP contribution in [-0.2, 0) is 0 Å². The molecule has 4 nitrogen and oxygen atoms in total. The molecule has 88 valence electrons. The smallest absolute Gasteiger partial charge is 0.127 e. The molecule has 0 aliphatic heterocycles. The van der Waals surface area contributed by atoms with E-state index in [0.29, 0.717) is 11.1 Å². The molecule has 17 heavy (non-hydrogen) atoms. The summed E-state index contributed by atoms with van der Waals surface area (Å²) in [5.41, 5.74) is 0.878. The van der Waals surface area contributed by atoms with Gasteiger partial charge in [-0.25, -0.2) is 0 Å². The lowest BCUT2D eigenvalue weighted by molar-refractivity contribution is 0.442. The molecule has 4 heteroatoms. The Bertz CT molecular complexity index is 532. The summed E-state index contributed by atoms with van der Waals surface area (Å²) in [6.07, 6.45) is 0. The Kier molecular flexibility index (Phi) is 2.55. The van der Waals surface area contributed by atoms with Crippen LogP contribution in [0.3, 0.4) is 0 Å². The molecule has 0 aliphatic carbocycles. The fraction of sp³-hybridized carbons (Fsp3) is 0.0769. The van der Waals surface area contributed by atoms with E-state index in [4.69, 9.17) is 0 Å². The molecule has 0 atom stereocenters. The van der Waals surface area contributed by atoms with Crippen LogP contribution in [0, 0.1) is 6.92 Å². The summed E-state index contributed by atoms with van der Waals surface area (Å²) in [6.45, 7) is 1.57. The summed E-state index contributed by atoms with van der Waals surface area (Å²) in [5.74, 6) is -0.425. The summed E-state index contributed by atoms with van der Waals surface area (Å²) >= 11 is 0. The van der Waals surface area contributed by atoms with Gasteiger partial charge in [0, 0.05) is 5.56 Å². The van der Waals surface area contributed by atoms with Gasteiger partial charge in [0.2, 0.25) is 0 Å². The number of rotatable bonds is 1. The Hall–Kier alpha value is -2.36. The van der Waals surface area contributed by atoms with E-state index < -0.39 is 0 Å². The van der Waals surface area contributed by atoms with Crippen molar-refractivity contribution in [1.82, 2.24) is 0 Å². The molecule has 2 aromatic rings. The van der Waals surface area contributed by atoms with Gasteiger partial charge in [-0.15, -0.1) is 0 Å². The third-order valence-electron chi connectivity index (χ3n) is 2.66. The Balaban J connectivity index is 2.69. The largest absolute Gasteiger partial charge is 0.508 e. The maximum absolute atomic E-state index is 9.67. The molecule has 0 saturated heterocycles. The van der Waals surface area contributed by atoms with Gasteiger partial charge >= 0.3 is 0 Å². The van der Waals surface area contributed by atoms with E-state index in [1.807, 2.05) is 0 Å². The number of hydrogen-bond acceptors (Lipinski definition) is 4. The summed E-state index contributed by atoms with van der Waals surface area (Å²) in [7, 11) is 0. The zero-order valence-corrected chi connectivity index (χ0v) is 9.18. The second kappa shape index (κ2) is 3.90. The monoisotopic (exact) mass is 232 g/mol. The molecular weight excluding hydrogens is 220 g/mol. The lowest BCUT2D eigenvalue weighted by Gasteiger charge is -2.10. The van der Waals surface area contributed by atoms with Gasteiger partial charge in [0.15, 0.2) is 0 Å². The molecule has 0 radical (unpaired) electrons. The van der Waals surface area contributed by atoms with Crippen molar-refractivity contribution in [3.05, 3.63) is 35.9 Å². The fourth-order valence-electron chi connectivity index (χ4n) is 1.65. The zero-order valence-electron chi connectivity index (χ0n) is 9.18. The van der Waals surface area contributed by atoms with Gasteiger partial charge < -0.3 is 20.4 Å². The number of hydrogen-bond donors (Lipinski definition) is 4. The van der Waals surface area contributed by atoms with Crippen LogP contribution in [0.1, 0.15) is 5.56 Å². The van der Waals surface area contributed by atoms with Crippen LogP contribution in [0.25, 0.3) is 11.1 Å². The molecular formula is C13H12O4. The first-order valence-corrected chi connectivity index (χ1v) is 5.04. The van der Waals surface area contributed by atoms with Crippen LogP contribution in [0.15, 0.2) is 30.3 Å². The summed E-state index contributed by atoms with van der Waals surface area (Å²) in [4.78, 5) is 0. The second-order valence-corrected chi connectivity index (χ2v) is 3.81. The minimum atomic E-state index is -0.118. The number of benzene rings is 2. The van der Waals surface area contributed by atoms with Crippen LogP contribution >= 0.6 is 0 Å². The summed E-state index contributed by atoms with van der Waals surface area (Å²) in [6, 6.07) is 7.10. The van der Waals surface area contributed by atoms with Crippen LogP contribution in [0.4, 0.5) is 0 Å². The summed E-state index contributed by atoms with van der Waals surface area (Å²) in [5, 5.41) is 38.5. The second-order valence-electron chi connectivity index (χ2n) is 3.81. The first kappa shape index (κ1) is 11.1. The van der Waals surface area contributed by atoms with Crippen LogP contribution < -0.4 is 0 Å². The Labute approximate surface area is 98.0 Å². The standard InChI is InChI=1S/C13H12O4/c1-7-11(16)5-8(6-12(7)17)13-9(14)3-2-4-10(13)15/h2-6,14-17H,1H3. The number of phenolic OH excluding ortho intramolecular Hbond substituents is 4. The summed E-state index contributed by atoms with van der Waals surface area (Å²) < 4.78 is 0. The predicted octanol–water partition coefficient (Wildman–Crippen LogP) is 2.48. The highest BCUT2D eigenvalue weighted by Crippen LogP contribution is 2.41. The average molecular weight is 232 g/mol. The maximum Gasteiger partial charge on any atom is 0.127 e. The molecule has 2 rings (SSSR count). The minimum Gasteiger partial charge on any atom is -0.508 e. The lowest BCUT2D eigenvalue weighted by Crippen LogP contribution is -1.83. The van der Waals surface area contributed by atoms with E-state index in [1.54, 1.807) is 6.92 Å². The highest BCUT2D eigenvalue weighted by molar-refractivity contribution is 5.78. The molecule has 4 N–H and O–H groups in total. The lowest BCUT2D eigenvalue weighted by atomic mass is 10.0. The van der Waals surface area contributed by atoms with Gasteiger partial charge in [0.1, 0.15) is 23.0 Å². The van der Waals surface area contributed by atoms with Crippen LogP contribution in [0.5, 0.6) is 23.0 Å². The Morgan fingerprint density at radius 2 is 1.24 bits per heavy atom. The Morgan fingerprint density at radius 1 is 0.765 bits per heavy atom. The van der Waals surface area contributed by atoms with Crippen molar-refractivity contribution in [3.63, 3.8) is 0 Å². The minimum absolute atomic E-state index is 0.0948. The van der Waals surface area contributed by atoms with Gasteiger partial charge in [0.05, 0.1) is 5.56 Å². The normalized spacial score (nSPS) is 10.4. The average Bonchev–Trinajstić information content (AvgIpc) is 2.25. The van der Waals surface area contributed by atoms with Gasteiger partial charge in [0.25, 0.3) is 0 Å². The van der Waals surface area contributed by atoms with Crippen LogP contribution in [-0.4, -0.2) is 20.4 Å². The van der Waals surface area contributed by atoms with Gasteiger partial charge in [-0.05, 0) is 36.8 Å². The fourth-order valence-corrected chi connectivity index (χ4v) is 1.65. The first-order chi connectivity index (χ1) is 8.00. The van der Waals surface area contributed by atoms with E-state index >= 15 is 0 Å². The van der Waals surface area contributed by atoms with Crippen molar-refractivity contribution in [1.29, 1.82) is 0 Å². The molecule has 0 spiro atoms. The topological polar surface area (TPSA) is 80.9 Å². The molecule has 0 unspecified atom stereocenters. The van der Waals surface area contributed by atoms with Crippen molar-refractivity contribution in [2.75, 3.05) is 0 Å². The quantitative estimate of drug-likeness (QED) is 0.609. The third-order valence-corrected chi connectivity index (χ3v) is 2.66. The molecule has 0 amide bonds. The molecule has 0 saturated carbocycles. The third kappa shape index (κ3) is 1.85. The van der Waals surface area contributed by atoms with Gasteiger partial charge in [-0.1, -0.05) is 6.07 Å². The van der Waals surface area contributed by atoms with Gasteiger partial charge in [-0.3, -0.25) is 0 Å². The van der Waals surface area contributed by atoms with E-state index in [-0.39, 0.29) is 28.6 Å². The Morgan fingerprint density at radius 3 is 1.71 bits per heavy atom. The maximum atomic E-state index is 9.67. The van der Waals surface area contributed by atoms with Gasteiger partial charge in [-0.2, -0.15) is 0 Å². The number of aromatic hydroxyl groups is 4. The van der Waals surface area contributed by atoms with Crippen molar-refractivity contribution >= 4 is 0 Å². The molecule has 0 aromatic heterocycles. The van der Waals surface area contributed by atoms with Crippen LogP contribution in [0.2, 0.25) is 0 Å². The first-order valence-electron chi connectivity index (χ1n) is 5.04. The van der Waals surface area contributed by atoms with Crippen molar-refractivity contribution in [2.24, 2.45) is 0 Å². The SMILES string of the molecule is Cc1c(O)cc(-c2c(O)cccc2O)cc1O.